The molecule has 1 aromatic heterocycles. The van der Waals surface area contributed by atoms with E-state index < -0.39 is 5.60 Å². The lowest BCUT2D eigenvalue weighted by atomic mass is 10.0. The fraction of sp³-hybridized carbons (Fsp3) is 0.400. The molecule has 146 valence electrons. The maximum Gasteiger partial charge on any atom is 0.251 e. The number of nitrogens with one attached hydrogen (secondary N) is 3. The fourth-order valence-electron chi connectivity index (χ4n) is 2.46. The molecule has 1 aromatic carbocycles. The first-order chi connectivity index (χ1) is 13.0. The summed E-state index contributed by atoms with van der Waals surface area (Å²) in [5.74, 6) is 1.01. The molecular formula is C20H28N4O3. The maximum atomic E-state index is 11.8. The number of aliphatic imine (C=N–C) groups is 1. The molecule has 4 N–H and O–H groups in total. The lowest BCUT2D eigenvalue weighted by molar-refractivity contribution is 0.0386. The van der Waals surface area contributed by atoms with Gasteiger partial charge < -0.3 is 25.5 Å². The average molecular weight is 372 g/mol. The highest BCUT2D eigenvalue weighted by molar-refractivity contribution is 5.94. The molecule has 0 bridgehead atoms. The predicted molar refractivity (Wildman–Crippen MR) is 106 cm³/mol. The monoisotopic (exact) mass is 372 g/mol. The van der Waals surface area contributed by atoms with Crippen molar-refractivity contribution in [1.82, 2.24) is 16.0 Å². The first kappa shape index (κ1) is 20.5. The Kier molecular flexibility index (Phi) is 7.43. The van der Waals surface area contributed by atoms with E-state index in [0.717, 1.165) is 5.56 Å². The van der Waals surface area contributed by atoms with Crippen LogP contribution in [0.3, 0.4) is 0 Å². The minimum atomic E-state index is -1.14. The summed E-state index contributed by atoms with van der Waals surface area (Å²) in [5.41, 5.74) is 0.468. The van der Waals surface area contributed by atoms with E-state index in [1.54, 1.807) is 31.2 Å². The third-order valence-electron chi connectivity index (χ3n) is 3.97. The Hall–Kier alpha value is -2.80. The Bertz CT molecular complexity index is 737. The number of carbonyl (C=O) groups excluding carboxylic acids is 1. The summed E-state index contributed by atoms with van der Waals surface area (Å²) in [4.78, 5) is 16.3. The van der Waals surface area contributed by atoms with Crippen molar-refractivity contribution in [2.45, 2.75) is 32.9 Å². The highest BCUT2D eigenvalue weighted by Crippen LogP contribution is 2.19. The minimum absolute atomic E-state index is 0.0808. The zero-order valence-corrected chi connectivity index (χ0v) is 16.1. The van der Waals surface area contributed by atoms with E-state index in [0.29, 0.717) is 36.9 Å². The Balaban J connectivity index is 1.97. The summed E-state index contributed by atoms with van der Waals surface area (Å²) in [5, 5.41) is 19.6. The largest absolute Gasteiger partial charge is 0.466 e. The van der Waals surface area contributed by atoms with Crippen LogP contribution >= 0.6 is 0 Å². The first-order valence-corrected chi connectivity index (χ1v) is 9.12. The first-order valence-electron chi connectivity index (χ1n) is 9.12. The second-order valence-corrected chi connectivity index (χ2v) is 6.36. The third kappa shape index (κ3) is 6.14. The van der Waals surface area contributed by atoms with Gasteiger partial charge in [-0.2, -0.15) is 0 Å². The number of benzene rings is 1. The highest BCUT2D eigenvalue weighted by atomic mass is 16.4. The summed E-state index contributed by atoms with van der Waals surface area (Å²) >= 11 is 0. The number of aliphatic hydroxyl groups is 1. The SMILES string of the molecule is CCNC(=O)c1ccc(CN=C(NCC)NCC(C)(O)c2ccco2)cc1. The summed E-state index contributed by atoms with van der Waals surface area (Å²) < 4.78 is 5.28. The van der Waals surface area contributed by atoms with Gasteiger partial charge in [-0.3, -0.25) is 4.79 Å². The molecule has 0 saturated carbocycles. The molecule has 0 aliphatic heterocycles. The topological polar surface area (TPSA) is 98.9 Å². The molecule has 27 heavy (non-hydrogen) atoms. The van der Waals surface area contributed by atoms with E-state index in [1.165, 1.54) is 6.26 Å². The number of nitrogens with zero attached hydrogens (tertiary/aromatic N) is 1. The normalized spacial score (nSPS) is 13.7. The van der Waals surface area contributed by atoms with Crippen LogP contribution in [0.25, 0.3) is 0 Å². The van der Waals surface area contributed by atoms with Crippen molar-refractivity contribution in [2.24, 2.45) is 4.99 Å². The number of carbonyl (C=O) groups is 1. The van der Waals surface area contributed by atoms with Gasteiger partial charge in [0.2, 0.25) is 0 Å². The average Bonchev–Trinajstić information content (AvgIpc) is 3.20. The van der Waals surface area contributed by atoms with Gasteiger partial charge in [0.05, 0.1) is 19.4 Å². The van der Waals surface area contributed by atoms with Crippen LogP contribution in [0.4, 0.5) is 0 Å². The lowest BCUT2D eigenvalue weighted by Crippen LogP contribution is -2.44. The molecule has 0 radical (unpaired) electrons. The van der Waals surface area contributed by atoms with Crippen molar-refractivity contribution in [3.8, 4) is 0 Å². The van der Waals surface area contributed by atoms with Crippen LogP contribution in [-0.2, 0) is 12.1 Å². The van der Waals surface area contributed by atoms with Gasteiger partial charge in [0.25, 0.3) is 5.91 Å². The van der Waals surface area contributed by atoms with Gasteiger partial charge in [-0.25, -0.2) is 4.99 Å². The van der Waals surface area contributed by atoms with Crippen LogP contribution in [0.5, 0.6) is 0 Å². The molecule has 0 spiro atoms. The molecule has 0 aliphatic carbocycles. The molecular weight excluding hydrogens is 344 g/mol. The van der Waals surface area contributed by atoms with Crippen molar-refractivity contribution in [3.05, 3.63) is 59.5 Å². The van der Waals surface area contributed by atoms with Crippen LogP contribution < -0.4 is 16.0 Å². The van der Waals surface area contributed by atoms with Crippen LogP contribution in [0.1, 0.15) is 42.5 Å². The number of hydrogen-bond donors (Lipinski definition) is 4. The van der Waals surface area contributed by atoms with Crippen molar-refractivity contribution < 1.29 is 14.3 Å². The highest BCUT2D eigenvalue weighted by Gasteiger charge is 2.26. The van der Waals surface area contributed by atoms with Gasteiger partial charge in [0.15, 0.2) is 5.96 Å². The number of furan rings is 1. The van der Waals surface area contributed by atoms with Gasteiger partial charge in [0.1, 0.15) is 11.4 Å². The Morgan fingerprint density at radius 3 is 2.41 bits per heavy atom. The molecule has 1 heterocycles. The molecule has 2 aromatic rings. The van der Waals surface area contributed by atoms with E-state index in [4.69, 9.17) is 4.42 Å². The zero-order valence-electron chi connectivity index (χ0n) is 16.1. The molecule has 0 fully saturated rings. The van der Waals surface area contributed by atoms with E-state index in [2.05, 4.69) is 20.9 Å². The summed E-state index contributed by atoms with van der Waals surface area (Å²) in [6.07, 6.45) is 1.54. The Morgan fingerprint density at radius 1 is 1.11 bits per heavy atom. The van der Waals surface area contributed by atoms with Gasteiger partial charge in [-0.15, -0.1) is 0 Å². The summed E-state index contributed by atoms with van der Waals surface area (Å²) in [6, 6.07) is 10.8. The second-order valence-electron chi connectivity index (χ2n) is 6.36. The molecule has 7 nitrogen and oxygen atoms in total. The molecule has 1 atom stereocenters. The van der Waals surface area contributed by atoms with E-state index in [-0.39, 0.29) is 12.5 Å². The standard InChI is InChI=1S/C20H28N4O3/c1-4-21-18(25)16-10-8-15(9-11-16)13-23-19(22-5-2)24-14-20(3,26)17-7-6-12-27-17/h6-12,26H,4-5,13-14H2,1-3H3,(H,21,25)(H2,22,23,24). The molecule has 1 unspecified atom stereocenters. The molecule has 0 saturated heterocycles. The smallest absolute Gasteiger partial charge is 0.251 e. The number of rotatable bonds is 8. The van der Waals surface area contributed by atoms with Gasteiger partial charge in [0, 0.05) is 18.7 Å². The van der Waals surface area contributed by atoms with Crippen LogP contribution in [-0.4, -0.2) is 36.6 Å². The van der Waals surface area contributed by atoms with Gasteiger partial charge in [-0.05, 0) is 50.6 Å². The second kappa shape index (κ2) is 9.78. The van der Waals surface area contributed by atoms with Gasteiger partial charge >= 0.3 is 0 Å². The number of guanidine groups is 1. The number of amides is 1. The minimum Gasteiger partial charge on any atom is -0.466 e. The van der Waals surface area contributed by atoms with E-state index in [9.17, 15) is 9.90 Å². The molecule has 2 rings (SSSR count). The zero-order chi connectivity index (χ0) is 19.7. The Labute approximate surface area is 159 Å². The fourth-order valence-corrected chi connectivity index (χ4v) is 2.46. The quantitative estimate of drug-likeness (QED) is 0.420. The van der Waals surface area contributed by atoms with Crippen LogP contribution in [0.2, 0.25) is 0 Å². The maximum absolute atomic E-state index is 11.8. The Morgan fingerprint density at radius 2 is 1.81 bits per heavy atom. The molecule has 7 heteroatoms. The van der Waals surface area contributed by atoms with E-state index >= 15 is 0 Å². The molecule has 0 aliphatic rings. The van der Waals surface area contributed by atoms with Crippen molar-refractivity contribution in [3.63, 3.8) is 0 Å². The third-order valence-corrected chi connectivity index (χ3v) is 3.97. The van der Waals surface area contributed by atoms with Crippen LogP contribution in [0.15, 0.2) is 52.1 Å². The summed E-state index contributed by atoms with van der Waals surface area (Å²) in [6.45, 7) is 7.55. The van der Waals surface area contributed by atoms with E-state index in [1.807, 2.05) is 26.0 Å². The van der Waals surface area contributed by atoms with Crippen LogP contribution in [0, 0.1) is 0 Å². The predicted octanol–water partition coefficient (Wildman–Crippen LogP) is 1.99. The van der Waals surface area contributed by atoms with Gasteiger partial charge in [-0.1, -0.05) is 12.1 Å². The number of hydrogen-bond acceptors (Lipinski definition) is 4. The lowest BCUT2D eigenvalue weighted by Gasteiger charge is -2.22. The molecule has 1 amide bonds. The summed E-state index contributed by atoms with van der Waals surface area (Å²) in [7, 11) is 0. The van der Waals surface area contributed by atoms with Crippen molar-refractivity contribution >= 4 is 11.9 Å². The van der Waals surface area contributed by atoms with Crippen molar-refractivity contribution in [1.29, 1.82) is 0 Å². The van der Waals surface area contributed by atoms with Crippen molar-refractivity contribution in [2.75, 3.05) is 19.6 Å².